The molecule has 1 aliphatic rings. The molecule has 2 heterocycles. The Hall–Kier alpha value is -1.27. The molecule has 1 aromatic rings. The van der Waals surface area contributed by atoms with Crippen molar-refractivity contribution in [1.82, 2.24) is 4.98 Å². The van der Waals surface area contributed by atoms with E-state index in [9.17, 15) is 8.42 Å². The number of nitrogens with zero attached hydrogens (tertiary/aromatic N) is 2. The van der Waals surface area contributed by atoms with Crippen LogP contribution in [0.1, 0.15) is 32.8 Å². The third-order valence-electron chi connectivity index (χ3n) is 3.81. The number of pyridine rings is 1. The summed E-state index contributed by atoms with van der Waals surface area (Å²) in [6.45, 7) is 6.84. The Labute approximate surface area is 113 Å². The fourth-order valence-electron chi connectivity index (χ4n) is 2.47. The van der Waals surface area contributed by atoms with Crippen molar-refractivity contribution in [2.24, 2.45) is 0 Å². The molecule has 0 fully saturated rings. The molecule has 19 heavy (non-hydrogen) atoms. The van der Waals surface area contributed by atoms with Crippen molar-refractivity contribution in [1.29, 1.82) is 0 Å². The zero-order valence-corrected chi connectivity index (χ0v) is 12.2. The molecular formula is C13H19N2O3S+. The quantitative estimate of drug-likeness (QED) is 0.675. The van der Waals surface area contributed by atoms with Crippen molar-refractivity contribution in [3.05, 3.63) is 23.9 Å². The van der Waals surface area contributed by atoms with E-state index < -0.39 is 10.1 Å². The molecule has 1 aromatic heterocycles. The lowest BCUT2D eigenvalue weighted by atomic mass is 9.83. The second-order valence-corrected chi connectivity index (χ2v) is 6.95. The molecule has 0 aromatic carbocycles. The lowest BCUT2D eigenvalue weighted by Gasteiger charge is -2.16. The van der Waals surface area contributed by atoms with Gasteiger partial charge >= 0.3 is 5.82 Å². The van der Waals surface area contributed by atoms with Gasteiger partial charge in [-0.2, -0.15) is 8.42 Å². The van der Waals surface area contributed by atoms with Gasteiger partial charge in [0.25, 0.3) is 10.1 Å². The van der Waals surface area contributed by atoms with Crippen LogP contribution in [0.4, 0.5) is 5.82 Å². The van der Waals surface area contributed by atoms with Crippen LogP contribution in [0.3, 0.4) is 0 Å². The number of hydrogen-bond donors (Lipinski definition) is 1. The zero-order chi connectivity index (χ0) is 14.3. The summed E-state index contributed by atoms with van der Waals surface area (Å²) in [7, 11) is -3.90. The summed E-state index contributed by atoms with van der Waals surface area (Å²) in [5, 5.41) is 0. The molecule has 2 rings (SSSR count). The second-order valence-electron chi connectivity index (χ2n) is 5.38. The summed E-state index contributed by atoms with van der Waals surface area (Å²) < 4.78 is 32.4. The first kappa shape index (κ1) is 14.1. The highest BCUT2D eigenvalue weighted by Gasteiger charge is 2.41. The van der Waals surface area contributed by atoms with Gasteiger partial charge in [0, 0.05) is 6.42 Å². The van der Waals surface area contributed by atoms with E-state index in [-0.39, 0.29) is 11.2 Å². The molecule has 0 aliphatic carbocycles. The summed E-state index contributed by atoms with van der Waals surface area (Å²) in [4.78, 5) is 4.39. The highest BCUT2D eigenvalue weighted by molar-refractivity contribution is 7.85. The van der Waals surface area contributed by atoms with Crippen molar-refractivity contribution in [3.8, 4) is 0 Å². The first-order chi connectivity index (χ1) is 8.73. The lowest BCUT2D eigenvalue weighted by Crippen LogP contribution is -2.27. The Morgan fingerprint density at radius 3 is 2.74 bits per heavy atom. The van der Waals surface area contributed by atoms with E-state index in [1.165, 1.54) is 0 Å². The van der Waals surface area contributed by atoms with Gasteiger partial charge in [0.05, 0.1) is 29.0 Å². The molecule has 0 unspecified atom stereocenters. The molecule has 0 atom stereocenters. The molecule has 1 N–H and O–H groups in total. The van der Waals surface area contributed by atoms with Crippen LogP contribution in [-0.4, -0.2) is 40.5 Å². The van der Waals surface area contributed by atoms with Crippen LogP contribution < -0.4 is 0 Å². The molecule has 0 amide bonds. The van der Waals surface area contributed by atoms with Crippen molar-refractivity contribution in [2.45, 2.75) is 32.6 Å². The van der Waals surface area contributed by atoms with Crippen LogP contribution in [0.25, 0.3) is 0 Å². The normalized spacial score (nSPS) is 17.7. The molecule has 0 saturated carbocycles. The first-order valence-corrected chi connectivity index (χ1v) is 7.86. The van der Waals surface area contributed by atoms with E-state index in [0.29, 0.717) is 13.0 Å². The van der Waals surface area contributed by atoms with Gasteiger partial charge in [-0.05, 0) is 37.9 Å². The van der Waals surface area contributed by atoms with Crippen LogP contribution in [-0.2, 0) is 15.5 Å². The minimum atomic E-state index is -3.90. The molecule has 0 bridgehead atoms. The van der Waals surface area contributed by atoms with Gasteiger partial charge in [-0.15, -0.1) is 0 Å². The summed E-state index contributed by atoms with van der Waals surface area (Å²) in [5.41, 5.74) is 2.21. The third-order valence-corrected chi connectivity index (χ3v) is 4.61. The van der Waals surface area contributed by atoms with Crippen LogP contribution in [0.2, 0.25) is 0 Å². The van der Waals surface area contributed by atoms with Crippen molar-refractivity contribution >= 4 is 21.6 Å². The summed E-state index contributed by atoms with van der Waals surface area (Å²) in [5.74, 6) is 0.666. The molecule has 0 saturated heterocycles. The molecule has 104 valence electrons. The number of aromatic nitrogens is 1. The van der Waals surface area contributed by atoms with Crippen LogP contribution in [0, 0.1) is 0 Å². The SMILES string of the molecule is CC1=[N+](CCCS(=O)(=O)O)c2ncccc2C1(C)C. The van der Waals surface area contributed by atoms with E-state index in [4.69, 9.17) is 4.55 Å². The van der Waals surface area contributed by atoms with Crippen LogP contribution >= 0.6 is 0 Å². The van der Waals surface area contributed by atoms with Gasteiger partial charge in [-0.25, -0.2) is 4.58 Å². The Morgan fingerprint density at radius 1 is 1.42 bits per heavy atom. The molecule has 5 nitrogen and oxygen atoms in total. The van der Waals surface area contributed by atoms with Gasteiger partial charge in [-0.3, -0.25) is 4.55 Å². The Bertz CT molecular complexity index is 633. The topological polar surface area (TPSA) is 70.3 Å². The maximum Gasteiger partial charge on any atom is 0.327 e. The Morgan fingerprint density at radius 2 is 2.11 bits per heavy atom. The summed E-state index contributed by atoms with van der Waals surface area (Å²) in [6.07, 6.45) is 2.12. The van der Waals surface area contributed by atoms with Crippen LogP contribution in [0.15, 0.2) is 18.3 Å². The van der Waals surface area contributed by atoms with E-state index >= 15 is 0 Å². The standard InChI is InChI=1S/C13H18N2O3S/c1-10-13(2,3)11-6-4-7-14-12(11)15(10)8-5-9-19(16,17)18/h4,6-7H,5,8-9H2,1-3H3/p+1. The summed E-state index contributed by atoms with van der Waals surface area (Å²) in [6, 6.07) is 3.96. The average Bonchev–Trinajstić information content (AvgIpc) is 2.50. The predicted molar refractivity (Wildman–Crippen MR) is 73.8 cm³/mol. The smallest absolute Gasteiger partial charge is 0.286 e. The van der Waals surface area contributed by atoms with Crippen LogP contribution in [0.5, 0.6) is 0 Å². The van der Waals surface area contributed by atoms with Gasteiger partial charge in [-0.1, -0.05) is 0 Å². The summed E-state index contributed by atoms with van der Waals surface area (Å²) >= 11 is 0. The minimum absolute atomic E-state index is 0.0956. The van der Waals surface area contributed by atoms with Gasteiger partial charge in [0.15, 0.2) is 0 Å². The molecule has 0 spiro atoms. The van der Waals surface area contributed by atoms with Gasteiger partial charge in [0.2, 0.25) is 0 Å². The maximum absolute atomic E-state index is 10.8. The van der Waals surface area contributed by atoms with Crippen molar-refractivity contribution in [2.75, 3.05) is 12.3 Å². The number of hydrogen-bond acceptors (Lipinski definition) is 3. The highest BCUT2D eigenvalue weighted by Crippen LogP contribution is 2.37. The van der Waals surface area contributed by atoms with Crippen molar-refractivity contribution in [3.63, 3.8) is 0 Å². The predicted octanol–water partition coefficient (Wildman–Crippen LogP) is 1.76. The Balaban J connectivity index is 2.27. The van der Waals surface area contributed by atoms with E-state index in [1.54, 1.807) is 6.20 Å². The fraction of sp³-hybridized carbons (Fsp3) is 0.538. The maximum atomic E-state index is 10.8. The molecule has 6 heteroatoms. The van der Waals surface area contributed by atoms with Gasteiger partial charge in [0.1, 0.15) is 6.20 Å². The number of rotatable bonds is 4. The monoisotopic (exact) mass is 283 g/mol. The molecular weight excluding hydrogens is 264 g/mol. The fourth-order valence-corrected chi connectivity index (χ4v) is 2.96. The van der Waals surface area contributed by atoms with Crippen molar-refractivity contribution < 1.29 is 17.5 Å². The zero-order valence-electron chi connectivity index (χ0n) is 11.4. The Kier molecular flexibility index (Phi) is 3.49. The molecule has 0 radical (unpaired) electrons. The van der Waals surface area contributed by atoms with Gasteiger partial charge < -0.3 is 0 Å². The minimum Gasteiger partial charge on any atom is -0.286 e. The third kappa shape index (κ3) is 2.69. The largest absolute Gasteiger partial charge is 0.327 e. The van der Waals surface area contributed by atoms with E-state index in [2.05, 4.69) is 24.9 Å². The first-order valence-electron chi connectivity index (χ1n) is 6.26. The average molecular weight is 283 g/mol. The second kappa shape index (κ2) is 4.68. The van der Waals surface area contributed by atoms with E-state index in [1.807, 2.05) is 17.6 Å². The lowest BCUT2D eigenvalue weighted by molar-refractivity contribution is -0.442. The highest BCUT2D eigenvalue weighted by atomic mass is 32.2. The number of fused-ring (bicyclic) bond motifs is 1. The van der Waals surface area contributed by atoms with E-state index in [0.717, 1.165) is 17.1 Å². The molecule has 1 aliphatic heterocycles.